The number of ether oxygens (including phenoxy) is 4. The summed E-state index contributed by atoms with van der Waals surface area (Å²) in [6.45, 7) is -2.33. The summed E-state index contributed by atoms with van der Waals surface area (Å²) in [5.74, 6) is 1.27. The number of amides is 1. The van der Waals surface area contributed by atoms with Gasteiger partial charge < -0.3 is 29.6 Å². The van der Waals surface area contributed by atoms with Crippen molar-refractivity contribution in [1.29, 1.82) is 0 Å². The number of nitrogens with zero attached hydrogens (tertiary/aromatic N) is 1. The quantitative estimate of drug-likeness (QED) is 0.453. The second kappa shape index (κ2) is 10.3. The van der Waals surface area contributed by atoms with Crippen LogP contribution >= 0.6 is 0 Å². The van der Waals surface area contributed by atoms with Crippen LogP contribution in [0.25, 0.3) is 0 Å². The number of halogens is 2. The Labute approximate surface area is 177 Å². The molecule has 0 aliphatic carbocycles. The van der Waals surface area contributed by atoms with Crippen molar-refractivity contribution in [3.63, 3.8) is 0 Å². The highest BCUT2D eigenvalue weighted by Crippen LogP contribution is 2.38. The van der Waals surface area contributed by atoms with E-state index >= 15 is 0 Å². The Bertz CT molecular complexity index is 938. The second-order valence-corrected chi connectivity index (χ2v) is 6.28. The lowest BCUT2D eigenvalue weighted by Crippen LogP contribution is -2.36. The molecule has 1 heterocycles. The zero-order valence-corrected chi connectivity index (χ0v) is 16.9. The molecule has 3 N–H and O–H groups in total. The Morgan fingerprint density at radius 2 is 1.81 bits per heavy atom. The first-order valence-electron chi connectivity index (χ1n) is 9.24. The second-order valence-electron chi connectivity index (χ2n) is 6.28. The van der Waals surface area contributed by atoms with Gasteiger partial charge in [0.1, 0.15) is 5.75 Å². The van der Waals surface area contributed by atoms with E-state index in [-0.39, 0.29) is 19.1 Å². The molecule has 0 bridgehead atoms. The Kier molecular flexibility index (Phi) is 7.31. The summed E-state index contributed by atoms with van der Waals surface area (Å²) in [5.41, 5.74) is 2.00. The Hall–Kier alpha value is -3.76. The van der Waals surface area contributed by atoms with Crippen LogP contribution in [0.4, 0.5) is 19.3 Å². The first-order chi connectivity index (χ1) is 15.0. The van der Waals surface area contributed by atoms with Gasteiger partial charge in [-0.3, -0.25) is 10.3 Å². The minimum atomic E-state index is -2.96. The Morgan fingerprint density at radius 1 is 1.13 bits per heavy atom. The van der Waals surface area contributed by atoms with Crippen LogP contribution in [0.3, 0.4) is 0 Å². The van der Waals surface area contributed by atoms with Gasteiger partial charge in [-0.25, -0.2) is 4.79 Å². The summed E-state index contributed by atoms with van der Waals surface area (Å²) in [5, 5.41) is 8.74. The molecule has 0 fully saturated rings. The van der Waals surface area contributed by atoms with Crippen LogP contribution in [-0.2, 0) is 17.8 Å². The number of rotatable bonds is 7. The van der Waals surface area contributed by atoms with Gasteiger partial charge >= 0.3 is 12.7 Å². The predicted molar refractivity (Wildman–Crippen MR) is 109 cm³/mol. The molecule has 0 spiro atoms. The summed E-state index contributed by atoms with van der Waals surface area (Å²) in [7, 11) is 2.88. The van der Waals surface area contributed by atoms with Crippen LogP contribution in [0.2, 0.25) is 0 Å². The van der Waals surface area contributed by atoms with E-state index in [0.29, 0.717) is 35.3 Å². The number of nitrogens with one attached hydrogen (secondary N) is 3. The minimum Gasteiger partial charge on any atom is -0.454 e. The van der Waals surface area contributed by atoms with E-state index in [2.05, 4.69) is 30.4 Å². The molecule has 11 heteroatoms. The van der Waals surface area contributed by atoms with Gasteiger partial charge in [0.05, 0.1) is 7.11 Å². The van der Waals surface area contributed by atoms with Gasteiger partial charge in [-0.05, 0) is 23.8 Å². The summed E-state index contributed by atoms with van der Waals surface area (Å²) < 4.78 is 45.2. The molecule has 0 aromatic heterocycles. The number of methoxy groups -OCH3 is 1. The number of carbonyl (C=O) groups is 1. The fourth-order valence-electron chi connectivity index (χ4n) is 2.77. The van der Waals surface area contributed by atoms with Crippen molar-refractivity contribution in [3.05, 3.63) is 47.5 Å². The molecule has 2 aromatic carbocycles. The van der Waals surface area contributed by atoms with E-state index in [9.17, 15) is 13.6 Å². The Morgan fingerprint density at radius 3 is 2.45 bits per heavy atom. The van der Waals surface area contributed by atoms with Crippen LogP contribution in [0.15, 0.2) is 41.4 Å². The number of benzene rings is 2. The molecule has 0 unspecified atom stereocenters. The lowest BCUT2D eigenvalue weighted by Gasteiger charge is -2.15. The molecule has 1 aliphatic heterocycles. The van der Waals surface area contributed by atoms with Gasteiger partial charge in [0.15, 0.2) is 17.5 Å². The number of guanidine groups is 1. The van der Waals surface area contributed by atoms with E-state index in [4.69, 9.17) is 9.47 Å². The largest absolute Gasteiger partial charge is 0.454 e. The zero-order valence-electron chi connectivity index (χ0n) is 16.9. The maximum absolute atomic E-state index is 12.8. The number of hydrogen-bond donors (Lipinski definition) is 3. The van der Waals surface area contributed by atoms with Gasteiger partial charge in [-0.15, -0.1) is 0 Å². The van der Waals surface area contributed by atoms with Crippen molar-refractivity contribution >= 4 is 17.7 Å². The van der Waals surface area contributed by atoms with Crippen LogP contribution < -0.4 is 30.2 Å². The molecular formula is C20H22F2N4O5. The first kappa shape index (κ1) is 21.9. The molecule has 3 rings (SSSR count). The van der Waals surface area contributed by atoms with Crippen molar-refractivity contribution in [1.82, 2.24) is 10.6 Å². The van der Waals surface area contributed by atoms with Gasteiger partial charge in [0.2, 0.25) is 6.79 Å². The molecule has 0 radical (unpaired) electrons. The maximum Gasteiger partial charge on any atom is 0.411 e. The third-order valence-corrected chi connectivity index (χ3v) is 4.29. The highest BCUT2D eigenvalue weighted by molar-refractivity contribution is 5.84. The molecule has 1 amide bonds. The van der Waals surface area contributed by atoms with E-state index in [1.165, 1.54) is 13.2 Å². The molecule has 0 saturated heterocycles. The van der Waals surface area contributed by atoms with Gasteiger partial charge in [0.25, 0.3) is 0 Å². The number of alkyl halides is 2. The minimum absolute atomic E-state index is 0.00380. The standard InChI is InChI=1S/C20H22F2N4O5/c1-23-19(24-9-12-3-5-14(6-4-12)26-20(27)28-2)25-10-13-7-16-17(30-11-29-16)8-15(13)31-18(21)22/h3-8,18H,9-11H2,1-2H3,(H,26,27)(H2,23,24,25). The van der Waals surface area contributed by atoms with E-state index in [1.54, 1.807) is 25.2 Å². The molecule has 166 valence electrons. The average Bonchev–Trinajstić information content (AvgIpc) is 3.21. The third-order valence-electron chi connectivity index (χ3n) is 4.29. The topological polar surface area (TPSA) is 102 Å². The number of fused-ring (bicyclic) bond motifs is 1. The molecule has 31 heavy (non-hydrogen) atoms. The summed E-state index contributed by atoms with van der Waals surface area (Å²) in [6.07, 6.45) is -0.547. The van der Waals surface area contributed by atoms with Crippen molar-refractivity contribution < 1.29 is 32.5 Å². The van der Waals surface area contributed by atoms with Crippen molar-refractivity contribution in [2.24, 2.45) is 4.99 Å². The van der Waals surface area contributed by atoms with E-state index in [1.807, 2.05) is 12.1 Å². The molecule has 2 aromatic rings. The zero-order chi connectivity index (χ0) is 22.2. The molecule has 0 atom stereocenters. The highest BCUT2D eigenvalue weighted by atomic mass is 19.3. The van der Waals surface area contributed by atoms with Crippen molar-refractivity contribution in [2.45, 2.75) is 19.7 Å². The van der Waals surface area contributed by atoms with E-state index < -0.39 is 12.7 Å². The van der Waals surface area contributed by atoms with Gasteiger partial charge in [-0.2, -0.15) is 8.78 Å². The monoisotopic (exact) mass is 436 g/mol. The number of hydrogen-bond acceptors (Lipinski definition) is 6. The van der Waals surface area contributed by atoms with Gasteiger partial charge in [0, 0.05) is 37.5 Å². The average molecular weight is 436 g/mol. The lowest BCUT2D eigenvalue weighted by atomic mass is 10.1. The Balaban J connectivity index is 1.58. The first-order valence-corrected chi connectivity index (χ1v) is 9.24. The predicted octanol–water partition coefficient (Wildman–Crippen LogP) is 3.06. The lowest BCUT2D eigenvalue weighted by molar-refractivity contribution is -0.0505. The van der Waals surface area contributed by atoms with Crippen molar-refractivity contribution in [3.8, 4) is 17.2 Å². The summed E-state index contributed by atoms with van der Waals surface area (Å²) in [4.78, 5) is 15.3. The normalized spacial score (nSPS) is 12.5. The van der Waals surface area contributed by atoms with Crippen LogP contribution in [-0.4, -0.2) is 39.6 Å². The fourth-order valence-corrected chi connectivity index (χ4v) is 2.77. The SMILES string of the molecule is CN=C(NCc1ccc(NC(=O)OC)cc1)NCc1cc2c(cc1OC(F)F)OCO2. The van der Waals surface area contributed by atoms with Crippen LogP contribution in [0, 0.1) is 0 Å². The highest BCUT2D eigenvalue weighted by Gasteiger charge is 2.20. The fraction of sp³-hybridized carbons (Fsp3) is 0.300. The summed E-state index contributed by atoms with van der Waals surface area (Å²) >= 11 is 0. The van der Waals surface area contributed by atoms with Gasteiger partial charge in [-0.1, -0.05) is 12.1 Å². The molecular weight excluding hydrogens is 414 g/mol. The van der Waals surface area contributed by atoms with Crippen molar-refractivity contribution in [2.75, 3.05) is 26.3 Å². The molecule has 0 saturated carbocycles. The summed E-state index contributed by atoms with van der Waals surface area (Å²) in [6, 6.07) is 10.1. The number of carbonyl (C=O) groups excluding carboxylic acids is 1. The maximum atomic E-state index is 12.8. The number of anilines is 1. The van der Waals surface area contributed by atoms with Crippen LogP contribution in [0.5, 0.6) is 17.2 Å². The smallest absolute Gasteiger partial charge is 0.411 e. The van der Waals surface area contributed by atoms with Crippen LogP contribution in [0.1, 0.15) is 11.1 Å². The third kappa shape index (κ3) is 6.11. The number of aliphatic imine (C=N–C) groups is 1. The van der Waals surface area contributed by atoms with E-state index in [0.717, 1.165) is 5.56 Å². The molecule has 9 nitrogen and oxygen atoms in total. The molecule has 1 aliphatic rings.